The Morgan fingerprint density at radius 3 is 2.08 bits per heavy atom. The number of Topliss-reactive ketones (excluding diaryl/α,β-unsaturated/α-hetero) is 1. The summed E-state index contributed by atoms with van der Waals surface area (Å²) < 4.78 is 10.8. The third kappa shape index (κ3) is 7.78. The summed E-state index contributed by atoms with van der Waals surface area (Å²) in [5.74, 6) is -0.725. The number of carbonyl (C=O) groups excluding carboxylic acids is 2. The van der Waals surface area contributed by atoms with Crippen LogP contribution >= 0.6 is 0 Å². The SMILES string of the molecule is CCCCCCCCCCCCN1C(=O)C(=O)C(=C(O)c2ccc(OC)cc2)[C@H]1c1ccc(O)c(OCC)c1. The van der Waals surface area contributed by atoms with Gasteiger partial charge in [0, 0.05) is 12.1 Å². The fraction of sp³-hybridized carbons (Fsp3) is 0.500. The summed E-state index contributed by atoms with van der Waals surface area (Å²) in [4.78, 5) is 28.1. The van der Waals surface area contributed by atoms with E-state index in [2.05, 4.69) is 6.92 Å². The number of hydrogen-bond acceptors (Lipinski definition) is 6. The average molecular weight is 538 g/mol. The lowest BCUT2D eigenvalue weighted by Crippen LogP contribution is -2.30. The first-order valence-electron chi connectivity index (χ1n) is 14.3. The minimum absolute atomic E-state index is 0.0256. The topological polar surface area (TPSA) is 96.3 Å². The molecule has 7 heteroatoms. The van der Waals surface area contributed by atoms with E-state index in [0.29, 0.717) is 30.0 Å². The lowest BCUT2D eigenvalue weighted by Gasteiger charge is -2.26. The Kier molecular flexibility index (Phi) is 11.7. The quantitative estimate of drug-likeness (QED) is 0.102. The number of likely N-dealkylation sites (tertiary alicyclic amines) is 1. The maximum atomic E-state index is 13.3. The number of ether oxygens (including phenoxy) is 2. The number of ketones is 1. The Bertz CT molecular complexity index is 1120. The Morgan fingerprint density at radius 1 is 0.872 bits per heavy atom. The first-order valence-corrected chi connectivity index (χ1v) is 14.3. The molecule has 1 aliphatic heterocycles. The molecule has 2 N–H and O–H groups in total. The van der Waals surface area contributed by atoms with Crippen molar-refractivity contribution in [1.82, 2.24) is 4.90 Å². The molecule has 0 spiro atoms. The van der Waals surface area contributed by atoms with Gasteiger partial charge in [-0.1, -0.05) is 70.8 Å². The molecule has 0 radical (unpaired) electrons. The number of rotatable bonds is 16. The van der Waals surface area contributed by atoms with E-state index in [0.717, 1.165) is 19.3 Å². The van der Waals surface area contributed by atoms with Crippen LogP contribution in [0.5, 0.6) is 17.2 Å². The van der Waals surface area contributed by atoms with E-state index in [4.69, 9.17) is 9.47 Å². The number of aliphatic hydroxyl groups excluding tert-OH is 1. The number of unbranched alkanes of at least 4 members (excludes halogenated alkanes) is 9. The molecule has 39 heavy (non-hydrogen) atoms. The molecule has 3 rings (SSSR count). The van der Waals surface area contributed by atoms with E-state index in [9.17, 15) is 19.8 Å². The van der Waals surface area contributed by atoms with Gasteiger partial charge in [0.2, 0.25) is 0 Å². The Labute approximate surface area is 232 Å². The van der Waals surface area contributed by atoms with Crippen molar-refractivity contribution in [3.8, 4) is 17.2 Å². The standard InChI is InChI=1S/C32H43NO6/c1-4-6-7-8-9-10-11-12-13-14-21-33-29(24-17-20-26(34)27(22-24)39-5-2)28(31(36)32(33)37)30(35)23-15-18-25(38-3)19-16-23/h15-20,22,29,34-35H,4-14,21H2,1-3H3/t29-/m1/s1. The third-order valence-corrected chi connectivity index (χ3v) is 7.26. The predicted molar refractivity (Wildman–Crippen MR) is 153 cm³/mol. The van der Waals surface area contributed by atoms with Gasteiger partial charge in [-0.2, -0.15) is 0 Å². The molecule has 1 atom stereocenters. The van der Waals surface area contributed by atoms with Crippen LogP contribution in [0.4, 0.5) is 0 Å². The van der Waals surface area contributed by atoms with Crippen molar-refractivity contribution in [2.75, 3.05) is 20.3 Å². The van der Waals surface area contributed by atoms with Gasteiger partial charge < -0.3 is 24.6 Å². The Balaban J connectivity index is 1.81. The first-order chi connectivity index (χ1) is 18.9. The Hall–Kier alpha value is -3.48. The molecule has 0 unspecified atom stereocenters. The molecule has 212 valence electrons. The zero-order chi connectivity index (χ0) is 28.2. The van der Waals surface area contributed by atoms with Gasteiger partial charge in [0.1, 0.15) is 11.5 Å². The average Bonchev–Trinajstić information content (AvgIpc) is 3.20. The summed E-state index contributed by atoms with van der Waals surface area (Å²) in [5.41, 5.74) is 1.05. The maximum absolute atomic E-state index is 13.3. The summed E-state index contributed by atoms with van der Waals surface area (Å²) in [6.07, 6.45) is 11.6. The predicted octanol–water partition coefficient (Wildman–Crippen LogP) is 7.14. The largest absolute Gasteiger partial charge is 0.507 e. The molecular weight excluding hydrogens is 494 g/mol. The van der Waals surface area contributed by atoms with Gasteiger partial charge in [-0.25, -0.2) is 0 Å². The number of phenolic OH excluding ortho intramolecular Hbond substituents is 1. The highest BCUT2D eigenvalue weighted by atomic mass is 16.5. The van der Waals surface area contributed by atoms with E-state index in [1.165, 1.54) is 51.0 Å². The fourth-order valence-electron chi connectivity index (χ4n) is 5.10. The van der Waals surface area contributed by atoms with E-state index in [1.54, 1.807) is 48.4 Å². The molecule has 2 aromatic rings. The van der Waals surface area contributed by atoms with E-state index in [1.807, 2.05) is 6.92 Å². The van der Waals surface area contributed by atoms with Crippen LogP contribution in [0.3, 0.4) is 0 Å². The summed E-state index contributed by atoms with van der Waals surface area (Å²) in [5, 5.41) is 21.5. The molecule has 1 heterocycles. The number of hydrogen-bond donors (Lipinski definition) is 2. The molecule has 0 aliphatic carbocycles. The van der Waals surface area contributed by atoms with Crippen LogP contribution in [-0.2, 0) is 9.59 Å². The third-order valence-electron chi connectivity index (χ3n) is 7.26. The summed E-state index contributed by atoms with van der Waals surface area (Å²) in [6, 6.07) is 10.7. The number of aromatic hydroxyl groups is 1. The van der Waals surface area contributed by atoms with Crippen LogP contribution in [0, 0.1) is 0 Å². The number of carbonyl (C=O) groups is 2. The summed E-state index contributed by atoms with van der Waals surface area (Å²) in [6.45, 7) is 4.78. The zero-order valence-electron chi connectivity index (χ0n) is 23.6. The van der Waals surface area contributed by atoms with Crippen molar-refractivity contribution < 1.29 is 29.3 Å². The molecular formula is C32H43NO6. The van der Waals surface area contributed by atoms with Gasteiger partial charge in [0.15, 0.2) is 11.5 Å². The van der Waals surface area contributed by atoms with Crippen LogP contribution in [0.1, 0.15) is 95.2 Å². The maximum Gasteiger partial charge on any atom is 0.295 e. The normalized spacial score (nSPS) is 16.6. The number of nitrogens with zero attached hydrogens (tertiary/aromatic N) is 1. The van der Waals surface area contributed by atoms with Crippen molar-refractivity contribution in [2.45, 2.75) is 84.1 Å². The highest BCUT2D eigenvalue weighted by Crippen LogP contribution is 2.42. The lowest BCUT2D eigenvalue weighted by molar-refractivity contribution is -0.139. The van der Waals surface area contributed by atoms with Crippen LogP contribution in [0.25, 0.3) is 5.76 Å². The molecule has 1 fully saturated rings. The van der Waals surface area contributed by atoms with Crippen LogP contribution < -0.4 is 9.47 Å². The van der Waals surface area contributed by atoms with Gasteiger partial charge in [-0.15, -0.1) is 0 Å². The molecule has 7 nitrogen and oxygen atoms in total. The van der Waals surface area contributed by atoms with Gasteiger partial charge in [-0.05, 0) is 55.3 Å². The highest BCUT2D eigenvalue weighted by Gasteiger charge is 2.46. The van der Waals surface area contributed by atoms with Crippen molar-refractivity contribution in [3.63, 3.8) is 0 Å². The molecule has 1 amide bonds. The number of aliphatic hydroxyl groups is 1. The highest BCUT2D eigenvalue weighted by molar-refractivity contribution is 6.46. The second kappa shape index (κ2) is 15.2. The molecule has 0 bridgehead atoms. The number of methoxy groups -OCH3 is 1. The molecule has 0 aromatic heterocycles. The number of phenols is 1. The summed E-state index contributed by atoms with van der Waals surface area (Å²) in [7, 11) is 1.55. The lowest BCUT2D eigenvalue weighted by atomic mass is 9.94. The second-order valence-electron chi connectivity index (χ2n) is 10.1. The van der Waals surface area contributed by atoms with Crippen molar-refractivity contribution >= 4 is 17.4 Å². The monoisotopic (exact) mass is 537 g/mol. The fourth-order valence-corrected chi connectivity index (χ4v) is 5.10. The van der Waals surface area contributed by atoms with Gasteiger partial charge >= 0.3 is 0 Å². The van der Waals surface area contributed by atoms with E-state index < -0.39 is 17.7 Å². The van der Waals surface area contributed by atoms with Crippen LogP contribution in [0.2, 0.25) is 0 Å². The smallest absolute Gasteiger partial charge is 0.295 e. The number of benzene rings is 2. The first kappa shape index (κ1) is 30.1. The van der Waals surface area contributed by atoms with Gasteiger partial charge in [-0.3, -0.25) is 9.59 Å². The molecule has 1 saturated heterocycles. The van der Waals surface area contributed by atoms with Crippen molar-refractivity contribution in [1.29, 1.82) is 0 Å². The second-order valence-corrected chi connectivity index (χ2v) is 10.1. The van der Waals surface area contributed by atoms with Gasteiger partial charge in [0.05, 0.1) is 25.3 Å². The molecule has 0 saturated carbocycles. The van der Waals surface area contributed by atoms with E-state index in [-0.39, 0.29) is 22.8 Å². The minimum atomic E-state index is -0.787. The van der Waals surface area contributed by atoms with Crippen molar-refractivity contribution in [3.05, 3.63) is 59.2 Å². The van der Waals surface area contributed by atoms with Crippen LogP contribution in [-0.4, -0.2) is 47.1 Å². The van der Waals surface area contributed by atoms with Gasteiger partial charge in [0.25, 0.3) is 11.7 Å². The van der Waals surface area contributed by atoms with Crippen molar-refractivity contribution in [2.24, 2.45) is 0 Å². The minimum Gasteiger partial charge on any atom is -0.507 e. The van der Waals surface area contributed by atoms with Crippen LogP contribution in [0.15, 0.2) is 48.0 Å². The van der Waals surface area contributed by atoms with E-state index >= 15 is 0 Å². The molecule has 2 aromatic carbocycles. The number of amides is 1. The Morgan fingerprint density at radius 2 is 1.49 bits per heavy atom. The zero-order valence-corrected chi connectivity index (χ0v) is 23.6. The molecule has 1 aliphatic rings. The summed E-state index contributed by atoms with van der Waals surface area (Å²) >= 11 is 0.